The molecule has 0 saturated heterocycles. The molecule has 0 aliphatic carbocycles. The smallest absolute Gasteiger partial charge is 0.407 e. The van der Waals surface area contributed by atoms with Crippen molar-refractivity contribution >= 4 is 33.1 Å². The largest absolute Gasteiger partial charge is 0.444 e. The number of allylic oxidation sites excluding steroid dienone is 1. The summed E-state index contributed by atoms with van der Waals surface area (Å²) in [5, 5.41) is 11.5. The van der Waals surface area contributed by atoms with Gasteiger partial charge in [0, 0.05) is 11.0 Å². The first-order valence-corrected chi connectivity index (χ1v) is 8.35. The molecule has 132 valence electrons. The molecule has 0 bridgehead atoms. The predicted molar refractivity (Wildman–Crippen MR) is 95.6 cm³/mol. The van der Waals surface area contributed by atoms with Crippen LogP contribution in [0.3, 0.4) is 0 Å². The Kier molecular flexibility index (Phi) is 5.80. The molecule has 0 aliphatic heterocycles. The number of halogens is 2. The zero-order valence-electron chi connectivity index (χ0n) is 14.1. The first kappa shape index (κ1) is 18.9. The molecular weight excluding hydrogens is 391 g/mol. The molecule has 0 spiro atoms. The van der Waals surface area contributed by atoms with Crippen molar-refractivity contribution in [2.24, 2.45) is 0 Å². The lowest BCUT2D eigenvalue weighted by molar-refractivity contribution is 0.0534. The number of hydrogen-bond donors (Lipinski definition) is 1. The van der Waals surface area contributed by atoms with Gasteiger partial charge in [0.2, 0.25) is 0 Å². The van der Waals surface area contributed by atoms with Gasteiger partial charge in [0.25, 0.3) is 0 Å². The van der Waals surface area contributed by atoms with Crippen LogP contribution in [0, 0.1) is 11.3 Å². The standard InChI is InChI=1S/C17H18BrFN4O2/c1-17(2,3)25-16(24)21-5-4-12(19)9-23-10-22-15-13(18)6-11(8-20)7-14(15)23/h4,6-7,10H,5,9H2,1-3H3,(H,21,24). The molecule has 0 aliphatic rings. The molecule has 1 amide bonds. The Hall–Kier alpha value is -2.40. The summed E-state index contributed by atoms with van der Waals surface area (Å²) < 4.78 is 21.5. The molecule has 1 heterocycles. The van der Waals surface area contributed by atoms with E-state index in [0.29, 0.717) is 21.1 Å². The van der Waals surface area contributed by atoms with Crippen molar-refractivity contribution in [2.75, 3.05) is 6.54 Å². The summed E-state index contributed by atoms with van der Waals surface area (Å²) in [5.41, 5.74) is 1.15. The molecule has 2 rings (SSSR count). The van der Waals surface area contributed by atoms with Crippen LogP contribution in [-0.4, -0.2) is 27.8 Å². The molecule has 1 N–H and O–H groups in total. The molecule has 0 unspecified atom stereocenters. The van der Waals surface area contributed by atoms with Gasteiger partial charge in [-0.05, 0) is 54.9 Å². The molecule has 25 heavy (non-hydrogen) atoms. The van der Waals surface area contributed by atoms with Crippen molar-refractivity contribution in [3.8, 4) is 6.07 Å². The summed E-state index contributed by atoms with van der Waals surface area (Å²) in [6, 6.07) is 5.37. The number of rotatable bonds is 4. The number of alkyl carbamates (subject to hydrolysis) is 1. The average Bonchev–Trinajstić information content (AvgIpc) is 2.88. The predicted octanol–water partition coefficient (Wildman–Crippen LogP) is 4.05. The van der Waals surface area contributed by atoms with E-state index in [1.165, 1.54) is 12.4 Å². The summed E-state index contributed by atoms with van der Waals surface area (Å²) >= 11 is 3.35. The zero-order valence-corrected chi connectivity index (χ0v) is 15.7. The number of nitrogens with zero attached hydrogens (tertiary/aromatic N) is 3. The molecule has 0 radical (unpaired) electrons. The maximum atomic E-state index is 14.1. The quantitative estimate of drug-likeness (QED) is 0.827. The van der Waals surface area contributed by atoms with E-state index in [4.69, 9.17) is 10.00 Å². The Morgan fingerprint density at radius 1 is 1.52 bits per heavy atom. The summed E-state index contributed by atoms with van der Waals surface area (Å²) in [4.78, 5) is 15.7. The van der Waals surface area contributed by atoms with Crippen LogP contribution in [0.4, 0.5) is 9.18 Å². The van der Waals surface area contributed by atoms with Crippen LogP contribution in [0.2, 0.25) is 0 Å². The fourth-order valence-electron chi connectivity index (χ4n) is 2.10. The van der Waals surface area contributed by atoms with Gasteiger partial charge in [0.1, 0.15) is 16.9 Å². The minimum absolute atomic E-state index is 0.0144. The number of hydrogen-bond acceptors (Lipinski definition) is 4. The van der Waals surface area contributed by atoms with Gasteiger partial charge in [-0.25, -0.2) is 14.2 Å². The van der Waals surface area contributed by atoms with Crippen molar-refractivity contribution in [2.45, 2.75) is 32.9 Å². The van der Waals surface area contributed by atoms with Crippen molar-refractivity contribution in [3.63, 3.8) is 0 Å². The summed E-state index contributed by atoms with van der Waals surface area (Å²) in [6.45, 7) is 5.22. The minimum Gasteiger partial charge on any atom is -0.444 e. The number of imidazole rings is 1. The number of nitriles is 1. The first-order valence-electron chi connectivity index (χ1n) is 7.55. The Balaban J connectivity index is 2.04. The molecule has 1 aromatic carbocycles. The van der Waals surface area contributed by atoms with Crippen LogP contribution in [0.1, 0.15) is 26.3 Å². The summed E-state index contributed by atoms with van der Waals surface area (Å²) in [6.07, 6.45) is 2.16. The molecule has 0 fully saturated rings. The number of fused-ring (bicyclic) bond motifs is 1. The second kappa shape index (κ2) is 7.66. The van der Waals surface area contributed by atoms with E-state index < -0.39 is 17.5 Å². The number of ether oxygens (including phenoxy) is 1. The van der Waals surface area contributed by atoms with Gasteiger partial charge >= 0.3 is 6.09 Å². The maximum absolute atomic E-state index is 14.1. The van der Waals surface area contributed by atoms with Crippen molar-refractivity contribution < 1.29 is 13.9 Å². The third-order valence-corrected chi connectivity index (χ3v) is 3.70. The third kappa shape index (κ3) is 5.29. The molecule has 6 nitrogen and oxygen atoms in total. The fraction of sp³-hybridized carbons (Fsp3) is 0.353. The summed E-state index contributed by atoms with van der Waals surface area (Å²) in [7, 11) is 0. The van der Waals surface area contributed by atoms with Crippen LogP contribution < -0.4 is 5.32 Å². The van der Waals surface area contributed by atoms with Gasteiger partial charge < -0.3 is 14.6 Å². The lowest BCUT2D eigenvalue weighted by atomic mass is 10.2. The van der Waals surface area contributed by atoms with Gasteiger partial charge in [0.15, 0.2) is 0 Å². The van der Waals surface area contributed by atoms with E-state index in [1.807, 2.05) is 0 Å². The number of carbonyl (C=O) groups excluding carboxylic acids is 1. The Morgan fingerprint density at radius 3 is 2.88 bits per heavy atom. The second-order valence-electron chi connectivity index (χ2n) is 6.34. The van der Waals surface area contributed by atoms with Crippen molar-refractivity contribution in [1.29, 1.82) is 5.26 Å². The average molecular weight is 409 g/mol. The highest BCUT2D eigenvalue weighted by molar-refractivity contribution is 9.10. The number of amides is 1. The highest BCUT2D eigenvalue weighted by atomic mass is 79.9. The zero-order chi connectivity index (χ0) is 18.6. The highest BCUT2D eigenvalue weighted by Crippen LogP contribution is 2.25. The number of aromatic nitrogens is 2. The van der Waals surface area contributed by atoms with Gasteiger partial charge in [0.05, 0.1) is 30.0 Å². The van der Waals surface area contributed by atoms with Crippen LogP contribution in [0.25, 0.3) is 11.0 Å². The number of benzene rings is 1. The first-order chi connectivity index (χ1) is 11.7. The fourth-order valence-corrected chi connectivity index (χ4v) is 2.65. The van der Waals surface area contributed by atoms with E-state index in [9.17, 15) is 9.18 Å². The molecule has 8 heteroatoms. The molecule has 0 atom stereocenters. The van der Waals surface area contributed by atoms with Gasteiger partial charge in [-0.3, -0.25) is 0 Å². The third-order valence-electron chi connectivity index (χ3n) is 3.10. The Bertz CT molecular complexity index is 862. The molecule has 2 aromatic rings. The van der Waals surface area contributed by atoms with Crippen LogP contribution in [0.5, 0.6) is 0 Å². The summed E-state index contributed by atoms with van der Waals surface area (Å²) in [5.74, 6) is -0.436. The lowest BCUT2D eigenvalue weighted by Gasteiger charge is -2.19. The minimum atomic E-state index is -0.604. The van der Waals surface area contributed by atoms with Crippen LogP contribution >= 0.6 is 15.9 Å². The maximum Gasteiger partial charge on any atom is 0.407 e. The van der Waals surface area contributed by atoms with E-state index in [0.717, 1.165) is 0 Å². The Labute approximate surface area is 153 Å². The van der Waals surface area contributed by atoms with Gasteiger partial charge in [-0.1, -0.05) is 0 Å². The van der Waals surface area contributed by atoms with Gasteiger partial charge in [-0.2, -0.15) is 5.26 Å². The molecule has 0 saturated carbocycles. The molecular formula is C17H18BrFN4O2. The van der Waals surface area contributed by atoms with E-state index in [2.05, 4.69) is 32.3 Å². The molecule has 1 aromatic heterocycles. The number of nitrogens with one attached hydrogen (secondary N) is 1. The SMILES string of the molecule is CC(C)(C)OC(=O)NCC=C(F)Cn1cnc2c(Br)cc(C#N)cc21. The van der Waals surface area contributed by atoms with Crippen LogP contribution in [-0.2, 0) is 11.3 Å². The van der Waals surface area contributed by atoms with E-state index in [-0.39, 0.29) is 13.1 Å². The second-order valence-corrected chi connectivity index (χ2v) is 7.20. The topological polar surface area (TPSA) is 79.9 Å². The van der Waals surface area contributed by atoms with Crippen molar-refractivity contribution in [3.05, 3.63) is 40.4 Å². The lowest BCUT2D eigenvalue weighted by Crippen LogP contribution is -2.32. The highest BCUT2D eigenvalue weighted by Gasteiger charge is 2.15. The van der Waals surface area contributed by atoms with Crippen molar-refractivity contribution in [1.82, 2.24) is 14.9 Å². The van der Waals surface area contributed by atoms with E-state index >= 15 is 0 Å². The number of carbonyl (C=O) groups is 1. The normalized spacial score (nSPS) is 12.1. The van der Waals surface area contributed by atoms with Gasteiger partial charge in [-0.15, -0.1) is 0 Å². The van der Waals surface area contributed by atoms with Crippen LogP contribution in [0.15, 0.2) is 34.8 Å². The Morgan fingerprint density at radius 2 is 2.24 bits per heavy atom. The van der Waals surface area contributed by atoms with E-state index in [1.54, 1.807) is 37.5 Å². The monoisotopic (exact) mass is 408 g/mol.